The van der Waals surface area contributed by atoms with Crippen molar-refractivity contribution in [2.24, 2.45) is 0 Å². The van der Waals surface area contributed by atoms with E-state index >= 15 is 0 Å². The van der Waals surface area contributed by atoms with Crippen molar-refractivity contribution in [1.29, 1.82) is 0 Å². The molecule has 0 amide bonds. The lowest BCUT2D eigenvalue weighted by Gasteiger charge is -2.50. The second-order valence-electron chi connectivity index (χ2n) is 16.5. The highest BCUT2D eigenvalue weighted by Gasteiger charge is 2.52. The number of hydrogen-bond acceptors (Lipinski definition) is 3. The van der Waals surface area contributed by atoms with Gasteiger partial charge in [-0.05, 0) is 73.7 Å². The molecule has 254 valence electrons. The molecule has 3 aliphatic heterocycles. The highest BCUT2D eigenvalue weighted by Crippen LogP contribution is 2.52. The van der Waals surface area contributed by atoms with Crippen molar-refractivity contribution in [2.45, 2.75) is 39.3 Å². The molecule has 0 atom stereocenters. The van der Waals surface area contributed by atoms with Crippen molar-refractivity contribution >= 4 is 86.6 Å². The molecule has 4 heterocycles. The maximum atomic E-state index is 7.21. The molecule has 0 bridgehead atoms. The lowest BCUT2D eigenvalue weighted by molar-refractivity contribution is 0.590. The summed E-state index contributed by atoms with van der Waals surface area (Å²) < 4.78 is 7.21. The van der Waals surface area contributed by atoms with Crippen LogP contribution in [0.25, 0.3) is 44.0 Å². The zero-order valence-corrected chi connectivity index (χ0v) is 31.7. The van der Waals surface area contributed by atoms with Gasteiger partial charge in [0.15, 0.2) is 0 Å². The molecule has 0 fully saturated rings. The Labute approximate surface area is 312 Å². The monoisotopic (exact) mass is 698 g/mol. The molecule has 11 rings (SSSR count). The summed E-state index contributed by atoms with van der Waals surface area (Å²) in [5.74, 6) is 0.896. The zero-order chi connectivity index (χ0) is 35.8. The van der Waals surface area contributed by atoms with Crippen LogP contribution in [0.1, 0.15) is 26.3 Å². The summed E-state index contributed by atoms with van der Waals surface area (Å²) in [6.45, 7) is 11.8. The summed E-state index contributed by atoms with van der Waals surface area (Å²) in [4.78, 5) is 5.17. The van der Waals surface area contributed by atoms with Gasteiger partial charge in [-0.2, -0.15) is 0 Å². The van der Waals surface area contributed by atoms with Gasteiger partial charge < -0.3 is 9.23 Å². The van der Waals surface area contributed by atoms with Gasteiger partial charge in [0, 0.05) is 38.7 Å². The van der Waals surface area contributed by atoms with Crippen LogP contribution in [0.3, 0.4) is 0 Å². The fourth-order valence-corrected chi connectivity index (χ4v) is 12.6. The van der Waals surface area contributed by atoms with E-state index in [1.165, 1.54) is 77.0 Å². The summed E-state index contributed by atoms with van der Waals surface area (Å²) in [5.41, 5.74) is 14.8. The Balaban J connectivity index is 1.34. The van der Waals surface area contributed by atoms with E-state index < -0.39 is 8.07 Å². The van der Waals surface area contributed by atoms with Crippen molar-refractivity contribution in [3.05, 3.63) is 151 Å². The molecule has 7 aromatic carbocycles. The predicted molar refractivity (Wildman–Crippen MR) is 228 cm³/mol. The highest BCUT2D eigenvalue weighted by atomic mass is 28.3. The van der Waals surface area contributed by atoms with Gasteiger partial charge in [0.25, 0.3) is 0 Å². The summed E-state index contributed by atoms with van der Waals surface area (Å²) in [5, 5.41) is 6.60. The lowest BCUT2D eigenvalue weighted by Crippen LogP contribution is -2.68. The summed E-state index contributed by atoms with van der Waals surface area (Å²) >= 11 is 0. The van der Waals surface area contributed by atoms with Crippen LogP contribution in [-0.4, -0.2) is 14.9 Å². The number of fused-ring (bicyclic) bond motifs is 10. The van der Waals surface area contributed by atoms with E-state index in [-0.39, 0.29) is 12.3 Å². The Morgan fingerprint density at radius 2 is 1.28 bits per heavy atom. The van der Waals surface area contributed by atoms with Gasteiger partial charge in [-0.3, -0.25) is 4.90 Å². The van der Waals surface area contributed by atoms with Gasteiger partial charge in [0.1, 0.15) is 13.7 Å². The van der Waals surface area contributed by atoms with E-state index in [4.69, 9.17) is 4.42 Å². The molecular weight excluding hydrogens is 659 g/mol. The molecule has 8 aromatic rings. The standard InChI is InChI=1S/C48H39BN2OSi/c1-48(2,3)32-26-27-38(36(29-32)30-16-7-6-8-17-30)50-46-33-19-10-9-18-31(33)28-37-34-21-15-25-42-45(34)51(39-22-12-14-24-41(39)53(42,4)5)49(43(37)46)44-35-20-11-13-23-40(35)52-47(44)50/h6-29H,1-5H3. The average molecular weight is 699 g/mol. The van der Waals surface area contributed by atoms with Crippen molar-refractivity contribution in [3.63, 3.8) is 0 Å². The van der Waals surface area contributed by atoms with Crippen LogP contribution in [0.15, 0.2) is 150 Å². The first kappa shape index (κ1) is 30.8. The number of benzene rings is 7. The number of anilines is 5. The van der Waals surface area contributed by atoms with Crippen molar-refractivity contribution < 1.29 is 4.42 Å². The molecule has 1 aromatic heterocycles. The van der Waals surface area contributed by atoms with Crippen LogP contribution in [0.4, 0.5) is 28.6 Å². The van der Waals surface area contributed by atoms with E-state index in [0.29, 0.717) is 0 Å². The molecule has 53 heavy (non-hydrogen) atoms. The normalized spacial score (nSPS) is 14.9. The average Bonchev–Trinajstić information content (AvgIpc) is 3.56. The Hall–Kier alpha value is -5.78. The molecule has 0 N–H and O–H groups in total. The topological polar surface area (TPSA) is 19.6 Å². The molecule has 0 spiro atoms. The smallest absolute Gasteiger partial charge is 0.337 e. The van der Waals surface area contributed by atoms with E-state index in [1.807, 2.05) is 0 Å². The Kier molecular flexibility index (Phi) is 6.19. The maximum Gasteiger partial charge on any atom is 0.337 e. The van der Waals surface area contributed by atoms with E-state index in [1.54, 1.807) is 0 Å². The summed E-state index contributed by atoms with van der Waals surface area (Å²) in [6, 6.07) is 54.3. The van der Waals surface area contributed by atoms with Gasteiger partial charge in [-0.15, -0.1) is 0 Å². The van der Waals surface area contributed by atoms with Gasteiger partial charge in [-0.1, -0.05) is 149 Å². The fraction of sp³-hybridized carbons (Fsp3) is 0.125. The van der Waals surface area contributed by atoms with Crippen molar-refractivity contribution in [1.82, 2.24) is 0 Å². The fourth-order valence-electron chi connectivity index (χ4n) is 9.62. The predicted octanol–water partition coefficient (Wildman–Crippen LogP) is 10.4. The highest BCUT2D eigenvalue weighted by molar-refractivity contribution is 7.05. The summed E-state index contributed by atoms with van der Waals surface area (Å²) in [7, 11) is -2.04. The van der Waals surface area contributed by atoms with E-state index in [9.17, 15) is 0 Å². The summed E-state index contributed by atoms with van der Waals surface area (Å²) in [6.07, 6.45) is 0. The molecule has 0 saturated heterocycles. The quantitative estimate of drug-likeness (QED) is 0.168. The van der Waals surface area contributed by atoms with Gasteiger partial charge >= 0.3 is 6.85 Å². The van der Waals surface area contributed by atoms with Crippen molar-refractivity contribution in [2.75, 3.05) is 9.71 Å². The van der Waals surface area contributed by atoms with Crippen LogP contribution >= 0.6 is 0 Å². The third-order valence-corrected chi connectivity index (χ3v) is 15.7. The molecule has 5 heteroatoms. The molecule has 0 saturated carbocycles. The van der Waals surface area contributed by atoms with Crippen molar-refractivity contribution in [3.8, 4) is 22.3 Å². The van der Waals surface area contributed by atoms with Crippen LogP contribution in [-0.2, 0) is 5.41 Å². The van der Waals surface area contributed by atoms with Crippen LogP contribution in [0, 0.1) is 0 Å². The Morgan fingerprint density at radius 3 is 2.11 bits per heavy atom. The molecule has 0 unspecified atom stereocenters. The molecule has 0 radical (unpaired) electrons. The van der Waals surface area contributed by atoms with Gasteiger partial charge in [0.2, 0.25) is 5.88 Å². The van der Waals surface area contributed by atoms with Crippen LogP contribution in [0.5, 0.6) is 0 Å². The second kappa shape index (κ2) is 10.6. The SMILES string of the molecule is CC(C)(C)c1ccc(N2c3oc4ccccc4c3B3c4c(cc5ccccc5c42)-c2cccc4c2N3c2ccccc2[Si]4(C)C)c(-c2ccccc2)c1. The number of hydrogen-bond donors (Lipinski definition) is 0. The largest absolute Gasteiger partial charge is 0.440 e. The number of para-hydroxylation sites is 3. The van der Waals surface area contributed by atoms with Gasteiger partial charge in [0.05, 0.1) is 11.4 Å². The van der Waals surface area contributed by atoms with E-state index in [0.717, 1.165) is 22.5 Å². The number of furan rings is 1. The van der Waals surface area contributed by atoms with Gasteiger partial charge in [-0.25, -0.2) is 0 Å². The van der Waals surface area contributed by atoms with Crippen LogP contribution < -0.4 is 31.0 Å². The minimum atomic E-state index is -2.04. The first-order chi connectivity index (χ1) is 25.7. The second-order valence-corrected chi connectivity index (χ2v) is 20.9. The minimum absolute atomic E-state index is 0.0155. The Morgan fingerprint density at radius 1 is 0.566 bits per heavy atom. The molecule has 0 aliphatic carbocycles. The first-order valence-electron chi connectivity index (χ1n) is 18.8. The maximum absolute atomic E-state index is 7.21. The third-order valence-electron chi connectivity index (χ3n) is 12.2. The number of nitrogens with zero attached hydrogens (tertiary/aromatic N) is 2. The third kappa shape index (κ3) is 4.11. The first-order valence-corrected chi connectivity index (χ1v) is 21.8. The Bertz CT molecular complexity index is 2830. The lowest BCUT2D eigenvalue weighted by atomic mass is 9.43. The zero-order valence-electron chi connectivity index (χ0n) is 30.7. The molecular formula is C48H39BN2OSi. The molecule has 3 nitrogen and oxygen atoms in total. The van der Waals surface area contributed by atoms with E-state index in [2.05, 4.69) is 189 Å². The van der Waals surface area contributed by atoms with Crippen LogP contribution in [0.2, 0.25) is 13.1 Å². The minimum Gasteiger partial charge on any atom is -0.440 e. The number of rotatable bonds is 2. The molecule has 3 aliphatic rings.